The number of rotatable bonds is 6. The number of aliphatic hydroxyl groups excluding tert-OH is 1. The van der Waals surface area contributed by atoms with Crippen molar-refractivity contribution >= 4 is 33.7 Å². The van der Waals surface area contributed by atoms with Gasteiger partial charge in [-0.1, -0.05) is 29.8 Å². The number of ether oxygens (including phenoxy) is 1. The Morgan fingerprint density at radius 3 is 2.46 bits per heavy atom. The Morgan fingerprint density at radius 1 is 1.32 bits per heavy atom. The summed E-state index contributed by atoms with van der Waals surface area (Å²) >= 11 is 3.60. The first kappa shape index (κ1) is 21.5. The van der Waals surface area contributed by atoms with Crippen LogP contribution in [-0.4, -0.2) is 76.0 Å². The van der Waals surface area contributed by atoms with Crippen molar-refractivity contribution < 1.29 is 24.2 Å². The van der Waals surface area contributed by atoms with E-state index in [0.29, 0.717) is 6.42 Å². The average Bonchev–Trinajstić information content (AvgIpc) is 3.18. The van der Waals surface area contributed by atoms with E-state index in [1.54, 1.807) is 0 Å². The number of aliphatic hydroxyl groups is 1. The van der Waals surface area contributed by atoms with E-state index in [-0.39, 0.29) is 41.1 Å². The molecule has 0 aromatic heterocycles. The third-order valence-electron chi connectivity index (χ3n) is 6.27. The minimum Gasteiger partial charge on any atom is -0.394 e. The Bertz CT molecular complexity index is 672. The molecule has 3 fully saturated rings. The summed E-state index contributed by atoms with van der Waals surface area (Å²) in [6, 6.07) is -1.52. The molecule has 158 valence electrons. The molecule has 3 saturated heterocycles. The van der Waals surface area contributed by atoms with Crippen LogP contribution in [0.3, 0.4) is 0 Å². The number of nitrogens with zero attached hydrogens (tertiary/aromatic N) is 1. The zero-order valence-electron chi connectivity index (χ0n) is 16.9. The molecule has 8 nitrogen and oxygen atoms in total. The van der Waals surface area contributed by atoms with Gasteiger partial charge in [-0.15, -0.1) is 0 Å². The molecule has 0 aromatic rings. The number of nitrogens with one attached hydrogen (secondary N) is 2. The second-order valence-corrected chi connectivity index (χ2v) is 9.86. The lowest BCUT2D eigenvalue weighted by Gasteiger charge is -2.38. The van der Waals surface area contributed by atoms with E-state index in [4.69, 9.17) is 4.74 Å². The lowest BCUT2D eigenvalue weighted by molar-refractivity contribution is -0.146. The van der Waals surface area contributed by atoms with Crippen molar-refractivity contribution in [2.75, 3.05) is 13.7 Å². The third kappa shape index (κ3) is 2.97. The summed E-state index contributed by atoms with van der Waals surface area (Å²) in [4.78, 5) is 40.8. The Hall–Kier alpha value is -1.19. The molecule has 0 saturated carbocycles. The van der Waals surface area contributed by atoms with Crippen LogP contribution in [0.1, 0.15) is 34.1 Å². The lowest BCUT2D eigenvalue weighted by Crippen LogP contribution is -2.59. The van der Waals surface area contributed by atoms with Gasteiger partial charge in [-0.2, -0.15) is 0 Å². The molecule has 7 atom stereocenters. The van der Waals surface area contributed by atoms with Crippen molar-refractivity contribution in [1.82, 2.24) is 15.5 Å². The zero-order chi connectivity index (χ0) is 21.0. The Morgan fingerprint density at radius 2 is 1.96 bits per heavy atom. The molecule has 3 aliphatic rings. The van der Waals surface area contributed by atoms with Crippen molar-refractivity contribution in [3.8, 4) is 0 Å². The van der Waals surface area contributed by atoms with Crippen molar-refractivity contribution in [3.63, 3.8) is 0 Å². The van der Waals surface area contributed by atoms with E-state index in [1.165, 1.54) is 11.9 Å². The fraction of sp³-hybridized carbons (Fsp3) is 0.842. The fourth-order valence-corrected chi connectivity index (χ4v) is 6.12. The normalized spacial score (nSPS) is 37.5. The van der Waals surface area contributed by atoms with Crippen LogP contribution in [0, 0.1) is 17.8 Å². The van der Waals surface area contributed by atoms with Crippen molar-refractivity contribution in [1.29, 1.82) is 0 Å². The van der Waals surface area contributed by atoms with Gasteiger partial charge in [-0.3, -0.25) is 14.4 Å². The molecule has 3 unspecified atom stereocenters. The summed E-state index contributed by atoms with van der Waals surface area (Å²) in [5, 5.41) is 15.5. The molecule has 3 aliphatic heterocycles. The van der Waals surface area contributed by atoms with Crippen LogP contribution in [0.2, 0.25) is 0 Å². The summed E-state index contributed by atoms with van der Waals surface area (Å²) in [6.07, 6.45) is 0.00170. The number of hydrogen-bond acceptors (Lipinski definition) is 5. The van der Waals surface area contributed by atoms with E-state index >= 15 is 0 Å². The van der Waals surface area contributed by atoms with E-state index in [1.807, 2.05) is 27.7 Å². The van der Waals surface area contributed by atoms with Crippen LogP contribution in [-0.2, 0) is 19.1 Å². The number of likely N-dealkylation sites (tertiary alicyclic amines) is 1. The molecule has 0 radical (unpaired) electrons. The van der Waals surface area contributed by atoms with Crippen LogP contribution >= 0.6 is 15.9 Å². The molecular weight excluding hydrogens is 430 g/mol. The second-order valence-electron chi connectivity index (χ2n) is 8.68. The zero-order valence-corrected chi connectivity index (χ0v) is 18.5. The molecule has 2 bridgehead atoms. The molecule has 3 heterocycles. The number of amides is 3. The second kappa shape index (κ2) is 7.57. The number of hydrogen-bond donors (Lipinski definition) is 3. The van der Waals surface area contributed by atoms with Crippen LogP contribution in [0.4, 0.5) is 0 Å². The smallest absolute Gasteiger partial charge is 0.246 e. The Balaban J connectivity index is 2.12. The average molecular weight is 460 g/mol. The third-order valence-corrected chi connectivity index (χ3v) is 7.11. The molecular formula is C19H30BrN3O5. The maximum absolute atomic E-state index is 13.6. The van der Waals surface area contributed by atoms with E-state index in [9.17, 15) is 19.5 Å². The predicted molar refractivity (Wildman–Crippen MR) is 106 cm³/mol. The lowest BCUT2D eigenvalue weighted by atomic mass is 9.70. The minimum absolute atomic E-state index is 0.0612. The van der Waals surface area contributed by atoms with Crippen LogP contribution in [0.25, 0.3) is 0 Å². The van der Waals surface area contributed by atoms with Crippen LogP contribution < -0.4 is 10.6 Å². The summed E-state index contributed by atoms with van der Waals surface area (Å²) in [5.41, 5.74) is -1.08. The first-order chi connectivity index (χ1) is 13.1. The molecule has 28 heavy (non-hydrogen) atoms. The van der Waals surface area contributed by atoms with Gasteiger partial charge >= 0.3 is 0 Å². The highest BCUT2D eigenvalue weighted by Crippen LogP contribution is 2.60. The van der Waals surface area contributed by atoms with Gasteiger partial charge in [0.1, 0.15) is 11.6 Å². The summed E-state index contributed by atoms with van der Waals surface area (Å²) in [5.74, 6) is -2.31. The van der Waals surface area contributed by atoms with Gasteiger partial charge in [0.2, 0.25) is 17.7 Å². The fourth-order valence-electron chi connectivity index (χ4n) is 5.17. The van der Waals surface area contributed by atoms with Crippen molar-refractivity contribution in [2.24, 2.45) is 17.8 Å². The minimum atomic E-state index is -1.08. The number of alkyl halides is 1. The Labute approximate surface area is 173 Å². The SMILES string of the molecule is CNC(=O)[C@H]1[C@@H]2OC3(CC2Br)C(C(=O)NC(C)C)N([C@@H](CO)C(C)C)C(=O)[C@H]13. The number of carbonyl (C=O) groups is 3. The number of carbonyl (C=O) groups excluding carboxylic acids is 3. The van der Waals surface area contributed by atoms with Gasteiger partial charge in [-0.05, 0) is 26.2 Å². The van der Waals surface area contributed by atoms with Crippen molar-refractivity contribution in [3.05, 3.63) is 0 Å². The van der Waals surface area contributed by atoms with Gasteiger partial charge in [0, 0.05) is 17.9 Å². The van der Waals surface area contributed by atoms with Crippen LogP contribution in [0.5, 0.6) is 0 Å². The van der Waals surface area contributed by atoms with E-state index in [0.717, 1.165) is 0 Å². The molecule has 3 amide bonds. The van der Waals surface area contributed by atoms with E-state index < -0.39 is 35.6 Å². The highest BCUT2D eigenvalue weighted by atomic mass is 79.9. The highest BCUT2D eigenvalue weighted by Gasteiger charge is 2.77. The van der Waals surface area contributed by atoms with Gasteiger partial charge in [-0.25, -0.2) is 0 Å². The quantitative estimate of drug-likeness (QED) is 0.485. The summed E-state index contributed by atoms with van der Waals surface area (Å²) < 4.78 is 6.31. The summed E-state index contributed by atoms with van der Waals surface area (Å²) in [6.45, 7) is 7.25. The maximum Gasteiger partial charge on any atom is 0.246 e. The van der Waals surface area contributed by atoms with Crippen LogP contribution in [0.15, 0.2) is 0 Å². The number of halogens is 1. The first-order valence-corrected chi connectivity index (χ1v) is 10.8. The topological polar surface area (TPSA) is 108 Å². The standard InChI is InChI=1S/C19H30BrN3O5/c1-8(2)11(7-24)23-15(17(26)22-9(3)4)19-6-10(20)14(28-19)12(16(25)21-5)13(19)18(23)27/h8-15,24H,6-7H2,1-5H3,(H,21,25)(H,22,26)/t10?,11-,12+,13-,14+,15?,19?/m0/s1. The van der Waals surface area contributed by atoms with Gasteiger partial charge in [0.05, 0.1) is 30.6 Å². The van der Waals surface area contributed by atoms with Gasteiger partial charge in [0.15, 0.2) is 0 Å². The molecule has 0 aliphatic carbocycles. The molecule has 0 aromatic carbocycles. The first-order valence-electron chi connectivity index (χ1n) is 9.87. The molecule has 1 spiro atoms. The molecule has 3 N–H and O–H groups in total. The maximum atomic E-state index is 13.6. The summed E-state index contributed by atoms with van der Waals surface area (Å²) in [7, 11) is 1.54. The van der Waals surface area contributed by atoms with Gasteiger partial charge in [0.25, 0.3) is 0 Å². The van der Waals surface area contributed by atoms with Gasteiger partial charge < -0.3 is 25.4 Å². The van der Waals surface area contributed by atoms with Crippen molar-refractivity contribution in [2.45, 2.75) is 68.8 Å². The largest absolute Gasteiger partial charge is 0.394 e. The number of fused-ring (bicyclic) bond motifs is 1. The predicted octanol–water partition coefficient (Wildman–Crippen LogP) is 0.0219. The molecule has 9 heteroatoms. The molecule has 3 rings (SSSR count). The monoisotopic (exact) mass is 459 g/mol. The highest BCUT2D eigenvalue weighted by molar-refractivity contribution is 9.09. The Kier molecular flexibility index (Phi) is 5.82. The van der Waals surface area contributed by atoms with E-state index in [2.05, 4.69) is 26.6 Å².